The van der Waals surface area contributed by atoms with E-state index in [-0.39, 0.29) is 5.56 Å². The first-order valence-corrected chi connectivity index (χ1v) is 8.03. The average molecular weight is 373 g/mol. The third-order valence-corrected chi connectivity index (χ3v) is 4.06. The molecule has 0 spiro atoms. The molecule has 0 bridgehead atoms. The number of hydrogen-bond donors (Lipinski definition) is 1. The number of rotatable bonds is 3. The summed E-state index contributed by atoms with van der Waals surface area (Å²) in [4.78, 5) is 19.5. The Bertz CT molecular complexity index is 1110. The highest BCUT2D eigenvalue weighted by atomic mass is 35.5. The van der Waals surface area contributed by atoms with Gasteiger partial charge in [-0.3, -0.25) is 9.78 Å². The Hall–Kier alpha value is -2.83. The number of halogens is 2. The molecule has 0 fully saturated rings. The van der Waals surface area contributed by atoms with Gasteiger partial charge in [0.15, 0.2) is 0 Å². The standard InChI is InChI=1S/C17H10Cl2N4O2/c18-10-2-4-11(5-3-10)25-15-8-12-14(9-13(15)19)21-17(22-16(12)24)23-7-1-6-20-23/h1-9H,(H,21,22,24). The maximum atomic E-state index is 12.4. The van der Waals surface area contributed by atoms with Crippen LogP contribution in [-0.2, 0) is 0 Å². The molecule has 1 N–H and O–H groups in total. The Labute approximate surface area is 151 Å². The van der Waals surface area contributed by atoms with Gasteiger partial charge in [0.1, 0.15) is 11.5 Å². The predicted octanol–water partition coefficient (Wildman–Crippen LogP) is 4.21. The van der Waals surface area contributed by atoms with Gasteiger partial charge in [-0.15, -0.1) is 0 Å². The number of nitrogens with one attached hydrogen (secondary N) is 1. The molecule has 2 aromatic carbocycles. The normalized spacial score (nSPS) is 11.0. The SMILES string of the molecule is O=c1[nH]c(-n2cccn2)nc2cc(Cl)c(Oc3ccc(Cl)cc3)cc12. The Kier molecular flexibility index (Phi) is 3.91. The van der Waals surface area contributed by atoms with Crippen LogP contribution >= 0.6 is 23.2 Å². The topological polar surface area (TPSA) is 72.8 Å². The van der Waals surface area contributed by atoms with Gasteiger partial charge in [-0.05, 0) is 42.5 Å². The van der Waals surface area contributed by atoms with Crippen LogP contribution in [0.1, 0.15) is 0 Å². The van der Waals surface area contributed by atoms with Crippen molar-refractivity contribution in [2.45, 2.75) is 0 Å². The average Bonchev–Trinajstić information content (AvgIpc) is 3.12. The lowest BCUT2D eigenvalue weighted by Gasteiger charge is -2.09. The second-order valence-electron chi connectivity index (χ2n) is 5.20. The summed E-state index contributed by atoms with van der Waals surface area (Å²) in [7, 11) is 0. The second kappa shape index (κ2) is 6.23. The van der Waals surface area contributed by atoms with E-state index in [1.165, 1.54) is 4.68 Å². The smallest absolute Gasteiger partial charge is 0.260 e. The Balaban J connectivity index is 1.79. The zero-order valence-corrected chi connectivity index (χ0v) is 14.1. The molecule has 8 heteroatoms. The van der Waals surface area contributed by atoms with Crippen molar-refractivity contribution < 1.29 is 4.74 Å². The van der Waals surface area contributed by atoms with Gasteiger partial charge >= 0.3 is 0 Å². The maximum Gasteiger partial charge on any atom is 0.260 e. The summed E-state index contributed by atoms with van der Waals surface area (Å²) in [5.74, 6) is 1.23. The molecule has 0 aliphatic carbocycles. The lowest BCUT2D eigenvalue weighted by molar-refractivity contribution is 0.483. The third kappa shape index (κ3) is 3.09. The van der Waals surface area contributed by atoms with Crippen LogP contribution in [0.15, 0.2) is 59.7 Å². The lowest BCUT2D eigenvalue weighted by Crippen LogP contribution is -2.13. The minimum absolute atomic E-state index is 0.310. The van der Waals surface area contributed by atoms with Crippen LogP contribution in [0.2, 0.25) is 10.0 Å². The van der Waals surface area contributed by atoms with E-state index in [0.717, 1.165) is 0 Å². The lowest BCUT2D eigenvalue weighted by atomic mass is 10.2. The van der Waals surface area contributed by atoms with Crippen LogP contribution in [0.4, 0.5) is 0 Å². The van der Waals surface area contributed by atoms with E-state index in [4.69, 9.17) is 27.9 Å². The summed E-state index contributed by atoms with van der Waals surface area (Å²) in [6.45, 7) is 0. The van der Waals surface area contributed by atoms with Crippen LogP contribution in [-0.4, -0.2) is 19.7 Å². The van der Waals surface area contributed by atoms with Gasteiger partial charge < -0.3 is 4.74 Å². The molecule has 0 saturated carbocycles. The van der Waals surface area contributed by atoms with E-state index >= 15 is 0 Å². The fourth-order valence-electron chi connectivity index (χ4n) is 2.34. The van der Waals surface area contributed by atoms with Crippen molar-refractivity contribution >= 4 is 34.1 Å². The van der Waals surface area contributed by atoms with Crippen molar-refractivity contribution in [2.24, 2.45) is 0 Å². The number of benzene rings is 2. The molecule has 0 unspecified atom stereocenters. The quantitative estimate of drug-likeness (QED) is 0.584. The molecule has 25 heavy (non-hydrogen) atoms. The molecule has 0 amide bonds. The van der Waals surface area contributed by atoms with E-state index in [0.29, 0.717) is 38.4 Å². The van der Waals surface area contributed by atoms with Gasteiger partial charge in [-0.2, -0.15) is 5.10 Å². The third-order valence-electron chi connectivity index (χ3n) is 3.51. The van der Waals surface area contributed by atoms with Gasteiger partial charge in [0.25, 0.3) is 5.56 Å². The van der Waals surface area contributed by atoms with Crippen molar-refractivity contribution in [3.63, 3.8) is 0 Å². The molecule has 4 aromatic rings. The van der Waals surface area contributed by atoms with Gasteiger partial charge in [0.2, 0.25) is 5.95 Å². The summed E-state index contributed by atoms with van der Waals surface area (Å²) in [5.41, 5.74) is 0.135. The van der Waals surface area contributed by atoms with Crippen molar-refractivity contribution in [3.8, 4) is 17.4 Å². The summed E-state index contributed by atoms with van der Waals surface area (Å²) in [6, 6.07) is 11.7. The largest absolute Gasteiger partial charge is 0.456 e. The molecule has 0 aliphatic rings. The summed E-state index contributed by atoms with van der Waals surface area (Å²) < 4.78 is 7.21. The molecule has 2 heterocycles. The summed E-state index contributed by atoms with van der Waals surface area (Å²) in [6.07, 6.45) is 3.28. The summed E-state index contributed by atoms with van der Waals surface area (Å²) >= 11 is 12.1. The monoisotopic (exact) mass is 372 g/mol. The van der Waals surface area contributed by atoms with Crippen LogP contribution in [0.25, 0.3) is 16.9 Å². The Morgan fingerprint density at radius 1 is 1.12 bits per heavy atom. The predicted molar refractivity (Wildman–Crippen MR) is 96.0 cm³/mol. The fraction of sp³-hybridized carbons (Fsp3) is 0. The van der Waals surface area contributed by atoms with Crippen LogP contribution in [0, 0.1) is 0 Å². The maximum absolute atomic E-state index is 12.4. The number of ether oxygens (including phenoxy) is 1. The van der Waals surface area contributed by atoms with Gasteiger partial charge in [0.05, 0.1) is 15.9 Å². The second-order valence-corrected chi connectivity index (χ2v) is 6.04. The molecule has 0 aliphatic heterocycles. The van der Waals surface area contributed by atoms with E-state index in [1.807, 2.05) is 0 Å². The number of aromatic amines is 1. The highest BCUT2D eigenvalue weighted by Gasteiger charge is 2.11. The molecular formula is C17H10Cl2N4O2. The number of aromatic nitrogens is 4. The fourth-order valence-corrected chi connectivity index (χ4v) is 2.66. The molecule has 0 atom stereocenters. The Morgan fingerprint density at radius 3 is 2.64 bits per heavy atom. The van der Waals surface area contributed by atoms with Crippen LogP contribution in [0.5, 0.6) is 11.5 Å². The zero-order valence-electron chi connectivity index (χ0n) is 12.6. The molecule has 0 saturated heterocycles. The summed E-state index contributed by atoms with van der Waals surface area (Å²) in [5, 5.41) is 5.36. The molecule has 4 rings (SSSR count). The molecule has 6 nitrogen and oxygen atoms in total. The Morgan fingerprint density at radius 2 is 1.92 bits per heavy atom. The van der Waals surface area contributed by atoms with Crippen molar-refractivity contribution in [3.05, 3.63) is 75.3 Å². The van der Waals surface area contributed by atoms with Crippen molar-refractivity contribution in [1.82, 2.24) is 19.7 Å². The minimum Gasteiger partial charge on any atom is -0.456 e. The molecular weight excluding hydrogens is 363 g/mol. The number of H-pyrrole nitrogens is 1. The van der Waals surface area contributed by atoms with E-state index in [1.54, 1.807) is 54.9 Å². The van der Waals surface area contributed by atoms with Gasteiger partial charge in [-0.25, -0.2) is 9.67 Å². The highest BCUT2D eigenvalue weighted by molar-refractivity contribution is 6.32. The number of nitrogens with zero attached hydrogens (tertiary/aromatic N) is 3. The van der Waals surface area contributed by atoms with E-state index in [2.05, 4.69) is 15.1 Å². The first-order valence-electron chi connectivity index (χ1n) is 7.27. The van der Waals surface area contributed by atoms with Gasteiger partial charge in [0, 0.05) is 17.4 Å². The first kappa shape index (κ1) is 15.7. The molecule has 124 valence electrons. The van der Waals surface area contributed by atoms with Crippen LogP contribution < -0.4 is 10.3 Å². The minimum atomic E-state index is -0.312. The highest BCUT2D eigenvalue weighted by Crippen LogP contribution is 2.32. The van der Waals surface area contributed by atoms with Crippen molar-refractivity contribution in [1.29, 1.82) is 0 Å². The van der Waals surface area contributed by atoms with Crippen LogP contribution in [0.3, 0.4) is 0 Å². The van der Waals surface area contributed by atoms with Gasteiger partial charge in [-0.1, -0.05) is 23.2 Å². The molecule has 0 radical (unpaired) electrons. The van der Waals surface area contributed by atoms with Crippen molar-refractivity contribution in [2.75, 3.05) is 0 Å². The zero-order chi connectivity index (χ0) is 17.4. The van der Waals surface area contributed by atoms with E-state index < -0.39 is 0 Å². The molecule has 2 aromatic heterocycles. The number of fused-ring (bicyclic) bond motifs is 1. The van der Waals surface area contributed by atoms with E-state index in [9.17, 15) is 4.79 Å². The first-order chi connectivity index (χ1) is 12.1. The number of hydrogen-bond acceptors (Lipinski definition) is 4.